The van der Waals surface area contributed by atoms with E-state index in [0.29, 0.717) is 10.8 Å². The maximum absolute atomic E-state index is 15.3. The van der Waals surface area contributed by atoms with Crippen LogP contribution in [0.3, 0.4) is 0 Å². The highest BCUT2D eigenvalue weighted by molar-refractivity contribution is 8.09. The second kappa shape index (κ2) is 12.7. The van der Waals surface area contributed by atoms with E-state index in [9.17, 15) is 27.9 Å². The molecule has 0 amide bonds. The van der Waals surface area contributed by atoms with Gasteiger partial charge in [0.25, 0.3) is 6.43 Å². The molecular formula is C26H28F5N4O7PS. The Morgan fingerprint density at radius 3 is 2.55 bits per heavy atom. The molecule has 5 atom stereocenters. The lowest BCUT2D eigenvalue weighted by Gasteiger charge is -2.34. The van der Waals surface area contributed by atoms with Crippen LogP contribution in [0, 0.1) is 5.82 Å². The Kier molecular flexibility index (Phi) is 9.68. The van der Waals surface area contributed by atoms with Crippen LogP contribution in [0.2, 0.25) is 0 Å². The number of hydrogen-bond acceptors (Lipinski definition) is 10. The van der Waals surface area contributed by atoms with Crippen molar-refractivity contribution in [2.75, 3.05) is 12.3 Å². The quantitative estimate of drug-likeness (QED) is 0.156. The molecule has 0 spiro atoms. The van der Waals surface area contributed by atoms with E-state index >= 15 is 8.78 Å². The van der Waals surface area contributed by atoms with Crippen molar-refractivity contribution in [3.8, 4) is 5.75 Å². The van der Waals surface area contributed by atoms with Crippen molar-refractivity contribution in [2.45, 2.75) is 63.2 Å². The number of nitrogens with two attached hydrogens (primary N) is 1. The van der Waals surface area contributed by atoms with Gasteiger partial charge >= 0.3 is 24.2 Å². The number of aromatic nitrogens is 2. The Balaban J connectivity index is 1.72. The van der Waals surface area contributed by atoms with E-state index in [1.54, 1.807) is 50.2 Å². The number of rotatable bonds is 11. The number of benzene rings is 2. The number of aliphatic hydroxyl groups excluding tert-OH is 1. The zero-order valence-electron chi connectivity index (χ0n) is 23.3. The van der Waals surface area contributed by atoms with Crippen molar-refractivity contribution in [3.05, 3.63) is 65.0 Å². The smallest absolute Gasteiger partial charge is 0.352 e. The minimum absolute atomic E-state index is 0.0977. The summed E-state index contributed by atoms with van der Waals surface area (Å²) >= 11 is 5.55. The number of aliphatic hydroxyl groups is 1. The average Bonchev–Trinajstić information content (AvgIpc) is 3.15. The first-order valence-electron chi connectivity index (χ1n) is 13.0. The van der Waals surface area contributed by atoms with Crippen molar-refractivity contribution >= 4 is 41.0 Å². The Bertz CT molecular complexity index is 1640. The van der Waals surface area contributed by atoms with Crippen LogP contribution in [0.15, 0.2) is 53.5 Å². The zero-order valence-corrected chi connectivity index (χ0v) is 25.0. The molecule has 4 N–H and O–H groups in total. The lowest BCUT2D eigenvalue weighted by Crippen LogP contribution is -2.54. The predicted molar refractivity (Wildman–Crippen MR) is 151 cm³/mol. The van der Waals surface area contributed by atoms with Crippen LogP contribution in [0.25, 0.3) is 10.8 Å². The molecule has 2 heterocycles. The number of ether oxygens (including phenoxy) is 2. The minimum Gasteiger partial charge on any atom is -0.462 e. The molecule has 0 saturated carbocycles. The van der Waals surface area contributed by atoms with Crippen LogP contribution in [0.1, 0.15) is 27.0 Å². The van der Waals surface area contributed by atoms with Gasteiger partial charge in [-0.15, -0.1) is 0 Å². The Morgan fingerprint density at radius 2 is 1.89 bits per heavy atom. The number of anilines is 1. The maximum Gasteiger partial charge on any atom is 0.352 e. The summed E-state index contributed by atoms with van der Waals surface area (Å²) in [6, 6.07) is 10.4. The second-order valence-electron chi connectivity index (χ2n) is 10.1. The van der Waals surface area contributed by atoms with Crippen LogP contribution < -0.4 is 21.0 Å². The van der Waals surface area contributed by atoms with E-state index in [0.717, 1.165) is 0 Å². The van der Waals surface area contributed by atoms with E-state index in [1.165, 1.54) is 13.0 Å². The van der Waals surface area contributed by atoms with Gasteiger partial charge in [-0.2, -0.15) is 13.8 Å². The summed E-state index contributed by atoms with van der Waals surface area (Å²) in [5.74, 6) is -7.67. The third kappa shape index (κ3) is 6.57. The number of nitrogens with one attached hydrogen (secondary N) is 1. The summed E-state index contributed by atoms with van der Waals surface area (Å²) < 4.78 is 95.4. The normalized spacial score (nSPS) is 23.5. The summed E-state index contributed by atoms with van der Waals surface area (Å²) in [5, 5.41) is 14.3. The van der Waals surface area contributed by atoms with Gasteiger partial charge in [-0.1, -0.05) is 36.4 Å². The van der Waals surface area contributed by atoms with Gasteiger partial charge in [0.1, 0.15) is 11.8 Å². The summed E-state index contributed by atoms with van der Waals surface area (Å²) in [6.45, 7) is -1.20. The summed E-state index contributed by atoms with van der Waals surface area (Å²) in [7, 11) is 0. The number of esters is 1. The van der Waals surface area contributed by atoms with Crippen molar-refractivity contribution in [1.82, 2.24) is 14.6 Å². The van der Waals surface area contributed by atoms with Gasteiger partial charge in [0.15, 0.2) is 23.3 Å². The molecule has 11 nitrogen and oxygen atoms in total. The third-order valence-electron chi connectivity index (χ3n) is 6.53. The monoisotopic (exact) mass is 666 g/mol. The molecule has 0 radical (unpaired) electrons. The fourth-order valence-electron chi connectivity index (χ4n) is 4.33. The first-order valence-corrected chi connectivity index (χ1v) is 15.6. The standard InChI is InChI=1S/C26H28F5N4O7PS/c1-13(2)40-20(36)14(3)34-43(44,42-18-10-6-8-15-7-4-5-9-16(15)18)39-12-25(22(28)29)21(37)26(30,31)23(41-25)35-11-17(27)19(32)33-24(35)38/h4-11,13-14,21-23,37H,12H2,1-3H3,(H,34,44)(H2,32,33,38)/t14-,21+,23+,25+,43?/m0/s1. The number of nitrogens with zero attached hydrogens (tertiary/aromatic N) is 2. The van der Waals surface area contributed by atoms with Gasteiger partial charge in [-0.05, 0) is 44.0 Å². The number of fused-ring (bicyclic) bond motifs is 1. The first-order chi connectivity index (χ1) is 20.5. The molecule has 2 aromatic carbocycles. The van der Waals surface area contributed by atoms with Gasteiger partial charge in [0.05, 0.1) is 18.9 Å². The number of halogens is 5. The Labute approximate surface area is 252 Å². The van der Waals surface area contributed by atoms with Gasteiger partial charge in [0.2, 0.25) is 6.23 Å². The summed E-state index contributed by atoms with van der Waals surface area (Å²) in [5.41, 5.74) is 0.100. The van der Waals surface area contributed by atoms with Crippen molar-refractivity contribution in [1.29, 1.82) is 0 Å². The highest BCUT2D eigenvalue weighted by Crippen LogP contribution is 2.54. The highest BCUT2D eigenvalue weighted by atomic mass is 32.5. The molecule has 1 aromatic heterocycles. The molecule has 1 saturated heterocycles. The van der Waals surface area contributed by atoms with Crippen LogP contribution >= 0.6 is 6.64 Å². The molecule has 240 valence electrons. The van der Waals surface area contributed by atoms with Crippen LogP contribution in [0.5, 0.6) is 5.75 Å². The zero-order chi connectivity index (χ0) is 32.6. The Morgan fingerprint density at radius 1 is 1.23 bits per heavy atom. The van der Waals surface area contributed by atoms with E-state index < -0.39 is 79.0 Å². The van der Waals surface area contributed by atoms with Crippen molar-refractivity contribution in [2.24, 2.45) is 0 Å². The number of alkyl halides is 4. The molecule has 1 fully saturated rings. The van der Waals surface area contributed by atoms with Gasteiger partial charge in [-0.3, -0.25) is 9.36 Å². The highest BCUT2D eigenvalue weighted by Gasteiger charge is 2.71. The first kappa shape index (κ1) is 33.7. The fourth-order valence-corrected chi connectivity index (χ4v) is 6.75. The SMILES string of the molecule is CC(C)OC(=O)[C@H](C)NP(=S)(OC[C@@]1(C(F)F)O[C@@H](n2cc(F)c(N)nc2=O)C(F)(F)[C@@H]1O)Oc1cccc2ccccc12. The molecule has 1 aliphatic heterocycles. The van der Waals surface area contributed by atoms with Crippen molar-refractivity contribution in [3.63, 3.8) is 0 Å². The molecule has 44 heavy (non-hydrogen) atoms. The number of carbonyl (C=O) groups is 1. The number of carbonyl (C=O) groups excluding carboxylic acids is 1. The maximum atomic E-state index is 15.3. The molecule has 1 aliphatic rings. The van der Waals surface area contributed by atoms with E-state index in [2.05, 4.69) is 10.1 Å². The van der Waals surface area contributed by atoms with Crippen LogP contribution in [-0.2, 0) is 30.6 Å². The molecule has 3 aromatic rings. The molecule has 0 bridgehead atoms. The molecule has 1 unspecified atom stereocenters. The van der Waals surface area contributed by atoms with Gasteiger partial charge in [0, 0.05) is 5.39 Å². The molecular weight excluding hydrogens is 638 g/mol. The molecule has 18 heteroatoms. The lowest BCUT2D eigenvalue weighted by molar-refractivity contribution is -0.192. The van der Waals surface area contributed by atoms with Gasteiger partial charge in [-0.25, -0.2) is 23.1 Å². The summed E-state index contributed by atoms with van der Waals surface area (Å²) in [6.07, 6.45) is -10.5. The topological polar surface area (TPSA) is 147 Å². The Hall–Kier alpha value is -3.21. The number of hydrogen-bond donors (Lipinski definition) is 3. The van der Waals surface area contributed by atoms with Crippen molar-refractivity contribution < 1.29 is 50.4 Å². The molecule has 4 rings (SSSR count). The predicted octanol–water partition coefficient (Wildman–Crippen LogP) is 3.90. The van der Waals surface area contributed by atoms with Gasteiger partial charge < -0.3 is 29.4 Å². The van der Waals surface area contributed by atoms with Crippen LogP contribution in [0.4, 0.5) is 27.8 Å². The minimum atomic E-state index is -4.60. The van der Waals surface area contributed by atoms with E-state index in [1.807, 2.05) is 0 Å². The summed E-state index contributed by atoms with van der Waals surface area (Å²) in [4.78, 5) is 27.9. The number of nitrogen functional groups attached to an aromatic ring is 1. The second-order valence-corrected chi connectivity index (χ2v) is 13.3. The lowest BCUT2D eigenvalue weighted by atomic mass is 9.96. The van der Waals surface area contributed by atoms with Crippen LogP contribution in [-0.4, -0.2) is 63.4 Å². The largest absolute Gasteiger partial charge is 0.462 e. The third-order valence-corrected chi connectivity index (χ3v) is 8.99. The average molecular weight is 667 g/mol. The molecule has 0 aliphatic carbocycles. The fraction of sp³-hybridized carbons (Fsp3) is 0.423. The van der Waals surface area contributed by atoms with E-state index in [4.69, 9.17) is 36.1 Å². The van der Waals surface area contributed by atoms with E-state index in [-0.39, 0.29) is 16.5 Å².